The molecule has 0 saturated carbocycles. The molecule has 0 fully saturated rings. The smallest absolute Gasteiger partial charge is 0.338 e. The van der Waals surface area contributed by atoms with Crippen molar-refractivity contribution in [3.05, 3.63) is 0 Å². The van der Waals surface area contributed by atoms with Gasteiger partial charge in [0.2, 0.25) is 0 Å². The molecule has 1 unspecified atom stereocenters. The lowest BCUT2D eigenvalue weighted by atomic mass is 10.5. The minimum atomic E-state index is -1.55. The average Bonchev–Trinajstić information content (AvgIpc) is 2.03. The third kappa shape index (κ3) is 4.52. The first kappa shape index (κ1) is 11.1. The van der Waals surface area contributed by atoms with E-state index in [1.807, 2.05) is 13.8 Å². The molecule has 0 rings (SSSR count). The van der Waals surface area contributed by atoms with Crippen LogP contribution in [0.5, 0.6) is 0 Å². The Morgan fingerprint density at radius 2 is 1.64 bits per heavy atom. The zero-order valence-electron chi connectivity index (χ0n) is 7.67. The molecule has 11 heavy (non-hydrogen) atoms. The van der Waals surface area contributed by atoms with Crippen LogP contribution in [0.25, 0.3) is 0 Å². The fourth-order valence-electron chi connectivity index (χ4n) is 0.816. The van der Waals surface area contributed by atoms with Gasteiger partial charge in [0.15, 0.2) is 0 Å². The van der Waals surface area contributed by atoms with Gasteiger partial charge in [-0.1, -0.05) is 6.92 Å². The van der Waals surface area contributed by atoms with Gasteiger partial charge in [-0.15, -0.1) is 0 Å². The maximum atomic E-state index is 5.80. The molecule has 0 aliphatic heterocycles. The van der Waals surface area contributed by atoms with Crippen LogP contribution in [0.2, 0.25) is 0 Å². The first-order valence-electron chi connectivity index (χ1n) is 4.24. The molecule has 3 nitrogen and oxygen atoms in total. The highest BCUT2D eigenvalue weighted by Crippen LogP contribution is 1.98. The molecule has 2 N–H and O–H groups in total. The number of rotatable bonds is 6. The van der Waals surface area contributed by atoms with Gasteiger partial charge in [-0.2, -0.15) is 0 Å². The van der Waals surface area contributed by atoms with Gasteiger partial charge in [-0.05, 0) is 20.3 Å². The molecule has 0 spiro atoms. The topological polar surface area (TPSA) is 44.5 Å². The SMILES string of the molecule is CCO[SiH](OCC)C(N)CC. The lowest BCUT2D eigenvalue weighted by Crippen LogP contribution is -2.43. The highest BCUT2D eigenvalue weighted by atomic mass is 28.3. The van der Waals surface area contributed by atoms with E-state index < -0.39 is 9.28 Å². The zero-order valence-corrected chi connectivity index (χ0v) is 8.82. The van der Waals surface area contributed by atoms with Crippen molar-refractivity contribution in [2.75, 3.05) is 13.2 Å². The van der Waals surface area contributed by atoms with Crippen LogP contribution < -0.4 is 5.73 Å². The molecule has 0 aliphatic carbocycles. The summed E-state index contributed by atoms with van der Waals surface area (Å²) < 4.78 is 10.9. The van der Waals surface area contributed by atoms with Crippen molar-refractivity contribution >= 4 is 9.28 Å². The van der Waals surface area contributed by atoms with Gasteiger partial charge in [0.25, 0.3) is 0 Å². The fraction of sp³-hybridized carbons (Fsp3) is 1.00. The van der Waals surface area contributed by atoms with E-state index in [2.05, 4.69) is 6.92 Å². The molecule has 0 amide bonds. The van der Waals surface area contributed by atoms with E-state index in [-0.39, 0.29) is 5.67 Å². The van der Waals surface area contributed by atoms with Crippen LogP contribution in [0.15, 0.2) is 0 Å². The molecule has 0 aromatic rings. The molecule has 0 heterocycles. The monoisotopic (exact) mass is 177 g/mol. The van der Waals surface area contributed by atoms with Crippen molar-refractivity contribution in [1.29, 1.82) is 0 Å². The Morgan fingerprint density at radius 3 is 1.91 bits per heavy atom. The van der Waals surface area contributed by atoms with Crippen molar-refractivity contribution in [1.82, 2.24) is 0 Å². The van der Waals surface area contributed by atoms with Gasteiger partial charge in [-0.25, -0.2) is 0 Å². The van der Waals surface area contributed by atoms with Gasteiger partial charge in [0.1, 0.15) is 0 Å². The molecule has 0 radical (unpaired) electrons. The van der Waals surface area contributed by atoms with E-state index in [1.165, 1.54) is 0 Å². The van der Waals surface area contributed by atoms with Gasteiger partial charge in [0, 0.05) is 18.9 Å². The highest BCUT2D eigenvalue weighted by molar-refractivity contribution is 6.46. The van der Waals surface area contributed by atoms with Crippen molar-refractivity contribution in [2.24, 2.45) is 5.73 Å². The van der Waals surface area contributed by atoms with Crippen LogP contribution in [-0.2, 0) is 8.85 Å². The second kappa shape index (κ2) is 6.79. The van der Waals surface area contributed by atoms with Crippen LogP contribution in [0.4, 0.5) is 0 Å². The van der Waals surface area contributed by atoms with Crippen LogP contribution in [0.3, 0.4) is 0 Å². The standard InChI is InChI=1S/C7H19NO2Si/c1-4-7(8)11(9-5-2)10-6-3/h7,11H,4-6,8H2,1-3H3. The maximum Gasteiger partial charge on any atom is 0.338 e. The van der Waals surface area contributed by atoms with Crippen LogP contribution in [0.1, 0.15) is 27.2 Å². The minimum absolute atomic E-state index is 0.134. The summed E-state index contributed by atoms with van der Waals surface area (Å²) in [5, 5.41) is 0. The normalized spacial score (nSPS) is 13.9. The summed E-state index contributed by atoms with van der Waals surface area (Å²) in [5.41, 5.74) is 5.94. The zero-order chi connectivity index (χ0) is 8.69. The summed E-state index contributed by atoms with van der Waals surface area (Å²) in [6, 6.07) is 0. The van der Waals surface area contributed by atoms with Crippen molar-refractivity contribution in [3.8, 4) is 0 Å². The summed E-state index contributed by atoms with van der Waals surface area (Å²) in [6.45, 7) is 7.43. The number of hydrogen-bond acceptors (Lipinski definition) is 3. The van der Waals surface area contributed by atoms with E-state index in [4.69, 9.17) is 14.6 Å². The molecule has 0 aliphatic rings. The quantitative estimate of drug-likeness (QED) is 0.603. The Labute approximate surface area is 70.7 Å². The third-order valence-corrected chi connectivity index (χ3v) is 3.98. The van der Waals surface area contributed by atoms with Gasteiger partial charge >= 0.3 is 9.28 Å². The third-order valence-electron chi connectivity index (χ3n) is 1.48. The Hall–Kier alpha value is 0.0969. The molecular weight excluding hydrogens is 158 g/mol. The molecule has 4 heteroatoms. The lowest BCUT2D eigenvalue weighted by Gasteiger charge is -2.19. The van der Waals surface area contributed by atoms with Crippen LogP contribution in [-0.4, -0.2) is 28.2 Å². The predicted octanol–water partition coefficient (Wildman–Crippen LogP) is 0.556. The Bertz CT molecular complexity index is 86.5. The predicted molar refractivity (Wildman–Crippen MR) is 48.7 cm³/mol. The van der Waals surface area contributed by atoms with E-state index in [0.29, 0.717) is 13.2 Å². The van der Waals surface area contributed by atoms with Crippen molar-refractivity contribution < 1.29 is 8.85 Å². The Kier molecular flexibility index (Phi) is 6.85. The van der Waals surface area contributed by atoms with Crippen LogP contribution in [0, 0.1) is 0 Å². The molecule has 0 aromatic carbocycles. The summed E-state index contributed by atoms with van der Waals surface area (Å²) >= 11 is 0. The summed E-state index contributed by atoms with van der Waals surface area (Å²) in [6.07, 6.45) is 0.941. The largest absolute Gasteiger partial charge is 0.396 e. The molecular formula is C7H19NO2Si. The number of hydrogen-bond donors (Lipinski definition) is 1. The molecule has 0 saturated heterocycles. The molecule has 68 valence electrons. The average molecular weight is 177 g/mol. The van der Waals surface area contributed by atoms with Gasteiger partial charge in [-0.3, -0.25) is 0 Å². The Morgan fingerprint density at radius 1 is 1.18 bits per heavy atom. The Balaban J connectivity index is 3.66. The summed E-state index contributed by atoms with van der Waals surface area (Å²) in [5.74, 6) is 0. The molecule has 0 bridgehead atoms. The van der Waals surface area contributed by atoms with E-state index in [1.54, 1.807) is 0 Å². The van der Waals surface area contributed by atoms with E-state index in [0.717, 1.165) is 6.42 Å². The fourth-order valence-corrected chi connectivity index (χ4v) is 2.45. The van der Waals surface area contributed by atoms with Crippen molar-refractivity contribution in [2.45, 2.75) is 32.9 Å². The summed E-state index contributed by atoms with van der Waals surface area (Å²) in [4.78, 5) is 0. The lowest BCUT2D eigenvalue weighted by molar-refractivity contribution is 0.204. The first-order valence-corrected chi connectivity index (χ1v) is 5.85. The van der Waals surface area contributed by atoms with Crippen LogP contribution >= 0.6 is 0 Å². The molecule has 1 atom stereocenters. The highest BCUT2D eigenvalue weighted by Gasteiger charge is 2.19. The second-order valence-electron chi connectivity index (χ2n) is 2.35. The second-order valence-corrected chi connectivity index (χ2v) is 4.61. The maximum absolute atomic E-state index is 5.80. The summed E-state index contributed by atoms with van der Waals surface area (Å²) in [7, 11) is -1.55. The van der Waals surface area contributed by atoms with Gasteiger partial charge < -0.3 is 14.6 Å². The van der Waals surface area contributed by atoms with E-state index in [9.17, 15) is 0 Å². The van der Waals surface area contributed by atoms with Gasteiger partial charge in [0.05, 0.1) is 0 Å². The molecule has 0 aromatic heterocycles. The number of nitrogens with two attached hydrogens (primary N) is 1. The van der Waals surface area contributed by atoms with Crippen molar-refractivity contribution in [3.63, 3.8) is 0 Å². The minimum Gasteiger partial charge on any atom is -0.396 e. The first-order chi connectivity index (χ1) is 5.26. The van der Waals surface area contributed by atoms with E-state index >= 15 is 0 Å².